The van der Waals surface area contributed by atoms with Crippen LogP contribution in [0.3, 0.4) is 0 Å². The van der Waals surface area contributed by atoms with Crippen molar-refractivity contribution in [3.05, 3.63) is 70.0 Å². The van der Waals surface area contributed by atoms with E-state index in [1.54, 1.807) is 0 Å². The summed E-state index contributed by atoms with van der Waals surface area (Å²) >= 11 is 0. The number of allylic oxidation sites excluding steroid dienone is 7. The van der Waals surface area contributed by atoms with Crippen LogP contribution in [0.25, 0.3) is 0 Å². The first-order chi connectivity index (χ1) is 18.1. The van der Waals surface area contributed by atoms with Gasteiger partial charge in [-0.1, -0.05) is 52.3 Å². The van der Waals surface area contributed by atoms with Gasteiger partial charge in [-0.15, -0.1) is 0 Å². The van der Waals surface area contributed by atoms with Crippen molar-refractivity contribution in [3.8, 4) is 11.5 Å². The number of carbonyl (C=O) groups excluding carboxylic acids is 4. The van der Waals surface area contributed by atoms with Crippen molar-refractivity contribution in [2.45, 2.75) is 67.4 Å². The van der Waals surface area contributed by atoms with Gasteiger partial charge in [0.1, 0.15) is 6.10 Å². The minimum atomic E-state index is -0.738. The van der Waals surface area contributed by atoms with E-state index in [9.17, 15) is 24.3 Å². The molecule has 0 amide bonds. The number of carbonyl (C=O) groups is 4. The lowest BCUT2D eigenvalue weighted by Gasteiger charge is -2.52. The maximum Gasteiger partial charge on any atom is 0.338 e. The molecule has 3 aliphatic rings. The maximum atomic E-state index is 13.3. The molecule has 2 unspecified atom stereocenters. The second-order valence-corrected chi connectivity index (χ2v) is 11.5. The molecule has 1 aromatic rings. The van der Waals surface area contributed by atoms with Gasteiger partial charge >= 0.3 is 17.9 Å². The van der Waals surface area contributed by atoms with Crippen LogP contribution in [0.1, 0.15) is 71.7 Å². The fourth-order valence-electron chi connectivity index (χ4n) is 6.13. The van der Waals surface area contributed by atoms with E-state index in [0.717, 1.165) is 11.1 Å². The zero-order valence-corrected chi connectivity index (χ0v) is 23.3. The summed E-state index contributed by atoms with van der Waals surface area (Å²) in [7, 11) is 0. The maximum absolute atomic E-state index is 13.3. The number of aliphatic hydroxyl groups excluding tert-OH is 1. The summed E-state index contributed by atoms with van der Waals surface area (Å²) in [5.41, 5.74) is 1.95. The zero-order valence-electron chi connectivity index (χ0n) is 23.3. The van der Waals surface area contributed by atoms with Crippen LogP contribution in [0, 0.1) is 16.7 Å². The molecule has 206 valence electrons. The number of aliphatic hydroxyl groups is 1. The highest BCUT2D eigenvalue weighted by atomic mass is 16.6. The highest BCUT2D eigenvalue weighted by Gasteiger charge is 2.52. The Morgan fingerprint density at radius 3 is 2.23 bits per heavy atom. The van der Waals surface area contributed by atoms with Crippen molar-refractivity contribution in [2.24, 2.45) is 16.7 Å². The summed E-state index contributed by atoms with van der Waals surface area (Å²) in [5.74, 6) is -2.61. The molecule has 3 aliphatic carbocycles. The van der Waals surface area contributed by atoms with Crippen LogP contribution >= 0.6 is 0 Å². The molecule has 4 rings (SSSR count). The lowest BCUT2D eigenvalue weighted by atomic mass is 9.53. The number of benzene rings is 1. The Morgan fingerprint density at radius 1 is 0.974 bits per heavy atom. The quantitative estimate of drug-likeness (QED) is 0.376. The average molecular weight is 535 g/mol. The molecule has 39 heavy (non-hydrogen) atoms. The van der Waals surface area contributed by atoms with E-state index in [2.05, 4.69) is 19.9 Å². The first-order valence-corrected chi connectivity index (χ1v) is 13.0. The number of ether oxygens (including phenoxy) is 3. The van der Waals surface area contributed by atoms with Gasteiger partial charge in [0.2, 0.25) is 5.78 Å². The molecular formula is C31H34O8. The summed E-state index contributed by atoms with van der Waals surface area (Å²) < 4.78 is 16.2. The number of rotatable bonds is 5. The largest absolute Gasteiger partial charge is 0.504 e. The fourth-order valence-corrected chi connectivity index (χ4v) is 6.13. The van der Waals surface area contributed by atoms with E-state index < -0.39 is 34.8 Å². The Kier molecular flexibility index (Phi) is 7.19. The molecule has 1 fully saturated rings. The lowest BCUT2D eigenvalue weighted by Crippen LogP contribution is -2.46. The van der Waals surface area contributed by atoms with Crippen LogP contribution < -0.4 is 9.47 Å². The first kappa shape index (κ1) is 28.1. The normalized spacial score (nSPS) is 23.6. The van der Waals surface area contributed by atoms with E-state index in [1.807, 2.05) is 32.9 Å². The predicted octanol–water partition coefficient (Wildman–Crippen LogP) is 5.73. The standard InChI is InChI=1S/C31H34O8/c1-16(2)22-12-19-9-11-25-30(5,6)14-21(15-31(25,7)26(19)28(35)27(22)34)39-29(36)20-8-10-23(37-17(3)32)24(13-20)38-18(4)33/h8-13,16,21,35H,14-15H2,1-7H3. The van der Waals surface area contributed by atoms with E-state index in [4.69, 9.17) is 14.2 Å². The molecule has 1 saturated carbocycles. The molecule has 0 radical (unpaired) electrons. The number of ketones is 1. The lowest BCUT2D eigenvalue weighted by molar-refractivity contribution is -0.134. The van der Waals surface area contributed by atoms with Crippen LogP contribution in [0.2, 0.25) is 0 Å². The second kappa shape index (κ2) is 9.98. The highest BCUT2D eigenvalue weighted by Crippen LogP contribution is 2.59. The number of hydrogen-bond donors (Lipinski definition) is 1. The first-order valence-electron chi connectivity index (χ1n) is 13.0. The van der Waals surface area contributed by atoms with E-state index in [1.165, 1.54) is 32.0 Å². The monoisotopic (exact) mass is 534 g/mol. The number of fused-ring (bicyclic) bond motifs is 3. The number of hydrogen-bond acceptors (Lipinski definition) is 8. The zero-order chi connectivity index (χ0) is 28.9. The van der Waals surface area contributed by atoms with E-state index in [0.29, 0.717) is 24.0 Å². The van der Waals surface area contributed by atoms with Gasteiger partial charge in [-0.25, -0.2) is 4.79 Å². The summed E-state index contributed by atoms with van der Waals surface area (Å²) in [4.78, 5) is 49.3. The van der Waals surface area contributed by atoms with Crippen molar-refractivity contribution in [1.29, 1.82) is 0 Å². The van der Waals surface area contributed by atoms with Crippen LogP contribution in [0.5, 0.6) is 11.5 Å². The molecule has 0 spiro atoms. The summed E-state index contributed by atoms with van der Waals surface area (Å²) in [6.07, 6.45) is 6.22. The van der Waals surface area contributed by atoms with Crippen molar-refractivity contribution < 1.29 is 38.5 Å². The summed E-state index contributed by atoms with van der Waals surface area (Å²) in [5, 5.41) is 11.1. The molecule has 8 nitrogen and oxygen atoms in total. The van der Waals surface area contributed by atoms with Gasteiger partial charge in [0.05, 0.1) is 5.56 Å². The smallest absolute Gasteiger partial charge is 0.338 e. The van der Waals surface area contributed by atoms with Crippen molar-refractivity contribution in [1.82, 2.24) is 0 Å². The molecular weight excluding hydrogens is 500 g/mol. The van der Waals surface area contributed by atoms with Crippen molar-refractivity contribution in [2.75, 3.05) is 0 Å². The van der Waals surface area contributed by atoms with Gasteiger partial charge in [-0.05, 0) is 54.0 Å². The van der Waals surface area contributed by atoms with Gasteiger partial charge in [0.25, 0.3) is 0 Å². The van der Waals surface area contributed by atoms with Crippen LogP contribution in [-0.4, -0.2) is 34.9 Å². The molecule has 0 aliphatic heterocycles. The molecule has 0 saturated heterocycles. The predicted molar refractivity (Wildman–Crippen MR) is 143 cm³/mol. The van der Waals surface area contributed by atoms with Crippen LogP contribution in [0.4, 0.5) is 0 Å². The van der Waals surface area contributed by atoms with Crippen molar-refractivity contribution in [3.63, 3.8) is 0 Å². The fraction of sp³-hybridized carbons (Fsp3) is 0.419. The Morgan fingerprint density at radius 2 is 1.62 bits per heavy atom. The SMILES string of the molecule is CC(=O)Oc1ccc(C(=O)OC2CC(C)(C)C3=CC=C4C=C(C(C)C)C(=O)C(O)=C4C3(C)C2)cc1OC(C)=O. The van der Waals surface area contributed by atoms with Gasteiger partial charge in [-0.3, -0.25) is 14.4 Å². The Hall–Kier alpha value is -3.94. The number of esters is 3. The van der Waals surface area contributed by atoms with Gasteiger partial charge in [-0.2, -0.15) is 0 Å². The topological polar surface area (TPSA) is 116 Å². The Labute approximate surface area is 228 Å². The third-order valence-electron chi connectivity index (χ3n) is 7.58. The Bertz CT molecular complexity index is 1400. The highest BCUT2D eigenvalue weighted by molar-refractivity contribution is 6.10. The number of Topliss-reactive ketones (excluding diaryl/α,β-unsaturated/α-hetero) is 1. The molecule has 8 heteroatoms. The molecule has 1 N–H and O–H groups in total. The minimum absolute atomic E-state index is 0.00932. The minimum Gasteiger partial charge on any atom is -0.504 e. The second-order valence-electron chi connectivity index (χ2n) is 11.5. The van der Waals surface area contributed by atoms with Gasteiger partial charge < -0.3 is 19.3 Å². The third-order valence-corrected chi connectivity index (χ3v) is 7.58. The molecule has 0 aromatic heterocycles. The van der Waals surface area contributed by atoms with Gasteiger partial charge in [0.15, 0.2) is 17.3 Å². The molecule has 2 atom stereocenters. The van der Waals surface area contributed by atoms with Crippen LogP contribution in [-0.2, 0) is 19.1 Å². The molecule has 0 heterocycles. The Balaban J connectivity index is 1.66. The third kappa shape index (κ3) is 5.20. The van der Waals surface area contributed by atoms with Gasteiger partial charge in [0, 0.05) is 30.4 Å². The summed E-state index contributed by atoms with van der Waals surface area (Å²) in [6.45, 7) is 12.3. The molecule has 1 aromatic carbocycles. The van der Waals surface area contributed by atoms with Crippen molar-refractivity contribution >= 4 is 23.7 Å². The molecule has 0 bridgehead atoms. The average Bonchev–Trinajstić information content (AvgIpc) is 2.80. The summed E-state index contributed by atoms with van der Waals surface area (Å²) in [6, 6.07) is 4.11. The van der Waals surface area contributed by atoms with E-state index in [-0.39, 0.29) is 34.5 Å². The van der Waals surface area contributed by atoms with Crippen LogP contribution in [0.15, 0.2) is 64.5 Å². The van der Waals surface area contributed by atoms with E-state index >= 15 is 0 Å².